The molecule has 6 nitrogen and oxygen atoms in total. The first-order chi connectivity index (χ1) is 17.8. The molecule has 0 unspecified atom stereocenters. The third-order valence-corrected chi connectivity index (χ3v) is 7.26. The van der Waals surface area contributed by atoms with Crippen LogP contribution in [0.15, 0.2) is 87.9 Å². The van der Waals surface area contributed by atoms with Crippen molar-refractivity contribution in [1.29, 1.82) is 0 Å². The van der Waals surface area contributed by atoms with Crippen molar-refractivity contribution in [2.24, 2.45) is 5.92 Å². The molecule has 8 heteroatoms. The normalized spacial score (nSPS) is 17.2. The Bertz CT molecular complexity index is 1440. The molecule has 37 heavy (non-hydrogen) atoms. The summed E-state index contributed by atoms with van der Waals surface area (Å²) < 4.78 is 7.45. The molecule has 0 bridgehead atoms. The molecule has 1 saturated heterocycles. The van der Waals surface area contributed by atoms with Crippen LogP contribution in [0.25, 0.3) is 11.3 Å². The number of aryl methyl sites for hydroxylation is 1. The number of amides is 1. The summed E-state index contributed by atoms with van der Waals surface area (Å²) in [5.41, 5.74) is 4.50. The predicted octanol–water partition coefficient (Wildman–Crippen LogP) is 7.18. The van der Waals surface area contributed by atoms with E-state index in [-0.39, 0.29) is 23.9 Å². The maximum atomic E-state index is 12.3. The molecule has 1 amide bonds. The standard InChI is InChI=1S/C29H27BrN4O2S/c1-17(2)28(35)32-22-12-11-21(16-18(22)3)34-27(26(33-29(34)37)23-6-4-5-15-31-23)25-14-13-24(36-25)19-7-9-20(30)10-8-19/h4-17,26-27H,1-3H3,(H,32,35)(H,33,37)/t26-,27+/m1/s1. The van der Waals surface area contributed by atoms with Crippen LogP contribution in [-0.4, -0.2) is 16.0 Å². The van der Waals surface area contributed by atoms with Crippen LogP contribution in [0, 0.1) is 12.8 Å². The fraction of sp³-hybridized carbons (Fsp3) is 0.207. The zero-order chi connectivity index (χ0) is 26.1. The van der Waals surface area contributed by atoms with Gasteiger partial charge in [-0.1, -0.05) is 48.0 Å². The van der Waals surface area contributed by atoms with E-state index in [2.05, 4.69) is 36.4 Å². The largest absolute Gasteiger partial charge is 0.459 e. The van der Waals surface area contributed by atoms with Crippen molar-refractivity contribution in [2.45, 2.75) is 32.9 Å². The van der Waals surface area contributed by atoms with Crippen LogP contribution in [0.1, 0.15) is 42.9 Å². The fourth-order valence-corrected chi connectivity index (χ4v) is 5.03. The first-order valence-electron chi connectivity index (χ1n) is 12.1. The fourth-order valence-electron chi connectivity index (χ4n) is 4.42. The summed E-state index contributed by atoms with van der Waals surface area (Å²) in [4.78, 5) is 18.9. The van der Waals surface area contributed by atoms with Crippen LogP contribution < -0.4 is 15.5 Å². The highest BCUT2D eigenvalue weighted by molar-refractivity contribution is 9.10. The maximum Gasteiger partial charge on any atom is 0.226 e. The van der Waals surface area contributed by atoms with Crippen molar-refractivity contribution in [3.8, 4) is 11.3 Å². The van der Waals surface area contributed by atoms with Gasteiger partial charge in [-0.05, 0) is 79.3 Å². The second kappa shape index (κ2) is 10.5. The van der Waals surface area contributed by atoms with Crippen molar-refractivity contribution >= 4 is 50.5 Å². The summed E-state index contributed by atoms with van der Waals surface area (Å²) in [5, 5.41) is 7.05. The summed E-state index contributed by atoms with van der Waals surface area (Å²) in [7, 11) is 0. The molecule has 1 fully saturated rings. The lowest BCUT2D eigenvalue weighted by atomic mass is 10.0. The molecule has 2 N–H and O–H groups in total. The maximum absolute atomic E-state index is 12.3. The highest BCUT2D eigenvalue weighted by Crippen LogP contribution is 2.43. The average Bonchev–Trinajstić information content (AvgIpc) is 3.51. The van der Waals surface area contributed by atoms with Gasteiger partial charge < -0.3 is 20.0 Å². The Morgan fingerprint density at radius 3 is 2.57 bits per heavy atom. The number of nitrogens with one attached hydrogen (secondary N) is 2. The number of thiocarbonyl (C=S) groups is 1. The first-order valence-corrected chi connectivity index (χ1v) is 13.3. The van der Waals surface area contributed by atoms with Crippen molar-refractivity contribution in [3.05, 3.63) is 100 Å². The van der Waals surface area contributed by atoms with Gasteiger partial charge in [0.2, 0.25) is 5.91 Å². The minimum atomic E-state index is -0.262. The van der Waals surface area contributed by atoms with Crippen LogP contribution >= 0.6 is 28.1 Å². The molecular weight excluding hydrogens is 548 g/mol. The lowest BCUT2D eigenvalue weighted by Crippen LogP contribution is -2.29. The Morgan fingerprint density at radius 2 is 1.89 bits per heavy atom. The third-order valence-electron chi connectivity index (χ3n) is 6.42. The number of rotatable bonds is 6. The van der Waals surface area contributed by atoms with Crippen molar-refractivity contribution in [1.82, 2.24) is 10.3 Å². The molecule has 0 radical (unpaired) electrons. The molecule has 5 rings (SSSR count). The Hall–Kier alpha value is -3.49. The zero-order valence-corrected chi connectivity index (χ0v) is 23.1. The quantitative estimate of drug-likeness (QED) is 0.237. The topological polar surface area (TPSA) is 70.4 Å². The van der Waals surface area contributed by atoms with Gasteiger partial charge in [-0.3, -0.25) is 9.78 Å². The van der Waals surface area contributed by atoms with Gasteiger partial charge in [0.05, 0.1) is 11.7 Å². The number of anilines is 2. The van der Waals surface area contributed by atoms with E-state index in [9.17, 15) is 4.79 Å². The summed E-state index contributed by atoms with van der Waals surface area (Å²) in [6, 6.07) is 23.4. The monoisotopic (exact) mass is 574 g/mol. The van der Waals surface area contributed by atoms with Crippen LogP contribution in [0.2, 0.25) is 0 Å². The van der Waals surface area contributed by atoms with Crippen molar-refractivity contribution in [3.63, 3.8) is 0 Å². The lowest BCUT2D eigenvalue weighted by Gasteiger charge is -2.27. The predicted molar refractivity (Wildman–Crippen MR) is 154 cm³/mol. The number of aromatic nitrogens is 1. The smallest absolute Gasteiger partial charge is 0.226 e. The van der Waals surface area contributed by atoms with E-state index in [0.717, 1.165) is 44.2 Å². The first kappa shape index (κ1) is 25.2. The number of furan rings is 1. The minimum absolute atomic E-state index is 0.0154. The molecular formula is C29H27BrN4O2S. The molecule has 0 saturated carbocycles. The summed E-state index contributed by atoms with van der Waals surface area (Å²) in [6.45, 7) is 5.74. The van der Waals surface area contributed by atoms with Gasteiger partial charge in [0.25, 0.3) is 0 Å². The zero-order valence-electron chi connectivity index (χ0n) is 20.7. The Balaban J connectivity index is 1.54. The van der Waals surface area contributed by atoms with Gasteiger partial charge in [0.1, 0.15) is 17.6 Å². The van der Waals surface area contributed by atoms with Crippen LogP contribution in [0.3, 0.4) is 0 Å². The van der Waals surface area contributed by atoms with Gasteiger partial charge in [-0.15, -0.1) is 0 Å². The Labute approximate surface area is 230 Å². The molecule has 1 aliphatic heterocycles. The highest BCUT2D eigenvalue weighted by atomic mass is 79.9. The van der Waals surface area contributed by atoms with Crippen molar-refractivity contribution < 1.29 is 9.21 Å². The number of nitrogens with zero attached hydrogens (tertiary/aromatic N) is 2. The van der Waals surface area contributed by atoms with Crippen LogP contribution in [0.4, 0.5) is 11.4 Å². The van der Waals surface area contributed by atoms with Crippen molar-refractivity contribution in [2.75, 3.05) is 10.2 Å². The summed E-state index contributed by atoms with van der Waals surface area (Å²) >= 11 is 9.33. The minimum Gasteiger partial charge on any atom is -0.459 e. The second-order valence-corrected chi connectivity index (χ2v) is 10.7. The Kier molecular flexibility index (Phi) is 7.13. The molecule has 2 aromatic heterocycles. The number of hydrogen-bond acceptors (Lipinski definition) is 4. The van der Waals surface area contributed by atoms with Crippen LogP contribution in [-0.2, 0) is 4.79 Å². The number of hydrogen-bond donors (Lipinski definition) is 2. The molecule has 2 aromatic carbocycles. The number of carbonyl (C=O) groups excluding carboxylic acids is 1. The van der Waals surface area contributed by atoms with Gasteiger partial charge >= 0.3 is 0 Å². The molecule has 0 aliphatic carbocycles. The number of pyridine rings is 1. The second-order valence-electron chi connectivity index (χ2n) is 9.35. The van der Waals surface area contributed by atoms with E-state index < -0.39 is 0 Å². The molecule has 1 aliphatic rings. The van der Waals surface area contributed by atoms with E-state index in [1.807, 2.05) is 93.6 Å². The van der Waals surface area contributed by atoms with Gasteiger partial charge in [-0.2, -0.15) is 0 Å². The SMILES string of the molecule is Cc1cc(N2C(=S)N[C@H](c3ccccn3)[C@@H]2c2ccc(-c3ccc(Br)cc3)o2)ccc1NC(=O)C(C)C. The van der Waals surface area contributed by atoms with Crippen LogP contribution in [0.5, 0.6) is 0 Å². The van der Waals surface area contributed by atoms with E-state index in [4.69, 9.17) is 16.6 Å². The van der Waals surface area contributed by atoms with E-state index in [1.165, 1.54) is 0 Å². The summed E-state index contributed by atoms with van der Waals surface area (Å²) in [6.07, 6.45) is 1.78. The summed E-state index contributed by atoms with van der Waals surface area (Å²) in [5.74, 6) is 1.44. The molecule has 0 spiro atoms. The highest BCUT2D eigenvalue weighted by Gasteiger charge is 2.42. The molecule has 3 heterocycles. The molecule has 188 valence electrons. The molecule has 2 atom stereocenters. The van der Waals surface area contributed by atoms with E-state index in [0.29, 0.717) is 5.11 Å². The van der Waals surface area contributed by atoms with Gasteiger partial charge in [0.15, 0.2) is 5.11 Å². The number of carbonyl (C=O) groups is 1. The van der Waals surface area contributed by atoms with Gasteiger partial charge in [-0.25, -0.2) is 0 Å². The number of halogens is 1. The lowest BCUT2D eigenvalue weighted by molar-refractivity contribution is -0.118. The van der Waals surface area contributed by atoms with Gasteiger partial charge in [0, 0.05) is 33.5 Å². The van der Waals surface area contributed by atoms with E-state index in [1.54, 1.807) is 6.20 Å². The third kappa shape index (κ3) is 5.17. The number of benzene rings is 2. The van der Waals surface area contributed by atoms with E-state index >= 15 is 0 Å². The Morgan fingerprint density at radius 1 is 1.11 bits per heavy atom. The molecule has 4 aromatic rings. The average molecular weight is 576 g/mol.